The smallest absolute Gasteiger partial charge is 0.237 e. The van der Waals surface area contributed by atoms with Gasteiger partial charge in [-0.15, -0.1) is 0 Å². The van der Waals surface area contributed by atoms with E-state index < -0.39 is 0 Å². The molecule has 0 atom stereocenters. The van der Waals surface area contributed by atoms with E-state index >= 15 is 0 Å². The number of aryl methyl sites for hydroxylation is 2. The summed E-state index contributed by atoms with van der Waals surface area (Å²) in [4.78, 5) is 0. The van der Waals surface area contributed by atoms with E-state index in [0.29, 0.717) is 0 Å². The fourth-order valence-electron chi connectivity index (χ4n) is 5.50. The van der Waals surface area contributed by atoms with Crippen LogP contribution in [0.2, 0.25) is 0 Å². The van der Waals surface area contributed by atoms with Crippen molar-refractivity contribution >= 4 is 0 Å². The minimum Gasteiger partial charge on any atom is -0.237 e. The van der Waals surface area contributed by atoms with E-state index in [2.05, 4.69) is 41.7 Å². The number of hydrogen-bond donors (Lipinski definition) is 0. The molecule has 0 amide bonds. The van der Waals surface area contributed by atoms with Gasteiger partial charge in [-0.05, 0) is 25.7 Å². The third-order valence-corrected chi connectivity index (χ3v) is 8.04. The Morgan fingerprint density at radius 3 is 1.14 bits per heavy atom. The second kappa shape index (κ2) is 27.3. The predicted molar refractivity (Wildman–Crippen MR) is 161 cm³/mol. The Morgan fingerprint density at radius 1 is 0.417 bits per heavy atom. The fourth-order valence-corrected chi connectivity index (χ4v) is 5.50. The van der Waals surface area contributed by atoms with Gasteiger partial charge in [-0.1, -0.05) is 162 Å². The number of aromatic nitrogens is 2. The SMILES string of the molecule is CCCCCCCCCCCCCCCC[n+]1ccn(CCCCCCCCCCCCCCC)c1. The van der Waals surface area contributed by atoms with Crippen molar-refractivity contribution in [2.24, 2.45) is 0 Å². The van der Waals surface area contributed by atoms with Gasteiger partial charge in [-0.25, -0.2) is 9.13 Å². The van der Waals surface area contributed by atoms with E-state index in [0.717, 1.165) is 0 Å². The molecule has 0 aliphatic carbocycles. The molecular weight excluding hydrogens is 436 g/mol. The maximum atomic E-state index is 2.41. The lowest BCUT2D eigenvalue weighted by Gasteiger charge is -2.03. The van der Waals surface area contributed by atoms with Crippen molar-refractivity contribution in [3.8, 4) is 0 Å². The fraction of sp³-hybridized carbons (Fsp3) is 0.912. The van der Waals surface area contributed by atoms with Gasteiger partial charge in [0.05, 0.1) is 13.1 Å². The molecule has 212 valence electrons. The van der Waals surface area contributed by atoms with Crippen LogP contribution in [0.5, 0.6) is 0 Å². The van der Waals surface area contributed by atoms with Gasteiger partial charge in [0.25, 0.3) is 0 Å². The van der Waals surface area contributed by atoms with Crippen molar-refractivity contribution in [3.05, 3.63) is 18.7 Å². The average Bonchev–Trinajstić information content (AvgIpc) is 3.34. The second-order valence-electron chi connectivity index (χ2n) is 11.7. The summed E-state index contributed by atoms with van der Waals surface area (Å²) >= 11 is 0. The molecule has 0 aliphatic rings. The van der Waals surface area contributed by atoms with Gasteiger partial charge in [-0.2, -0.15) is 0 Å². The maximum Gasteiger partial charge on any atom is 0.243 e. The minimum absolute atomic E-state index is 1.20. The first-order chi connectivity index (χ1) is 17.9. The number of imidazole rings is 1. The Hall–Kier alpha value is -0.790. The summed E-state index contributed by atoms with van der Waals surface area (Å²) in [6.07, 6.45) is 45.7. The molecule has 36 heavy (non-hydrogen) atoms. The van der Waals surface area contributed by atoms with Crippen LogP contribution in [0.15, 0.2) is 18.7 Å². The summed E-state index contributed by atoms with van der Waals surface area (Å²) in [5.41, 5.74) is 0. The highest BCUT2D eigenvalue weighted by Gasteiger charge is 2.03. The van der Waals surface area contributed by atoms with Gasteiger partial charge < -0.3 is 0 Å². The van der Waals surface area contributed by atoms with Crippen LogP contribution in [0.4, 0.5) is 0 Å². The van der Waals surface area contributed by atoms with Crippen LogP contribution < -0.4 is 4.57 Å². The Bertz CT molecular complexity index is 535. The van der Waals surface area contributed by atoms with E-state index in [1.165, 1.54) is 186 Å². The minimum atomic E-state index is 1.20. The van der Waals surface area contributed by atoms with Crippen molar-refractivity contribution < 1.29 is 4.57 Å². The maximum absolute atomic E-state index is 2.41. The highest BCUT2D eigenvalue weighted by atomic mass is 15.1. The molecule has 1 aromatic rings. The summed E-state index contributed by atoms with van der Waals surface area (Å²) in [6, 6.07) is 0. The highest BCUT2D eigenvalue weighted by Crippen LogP contribution is 2.14. The van der Waals surface area contributed by atoms with Gasteiger partial charge in [0, 0.05) is 0 Å². The van der Waals surface area contributed by atoms with E-state index in [1.807, 2.05) is 0 Å². The number of unbranched alkanes of at least 4 members (excludes halogenated alkanes) is 25. The third kappa shape index (κ3) is 22.4. The topological polar surface area (TPSA) is 8.81 Å². The zero-order chi connectivity index (χ0) is 25.8. The van der Waals surface area contributed by atoms with Crippen molar-refractivity contribution in [1.82, 2.24) is 4.57 Å². The van der Waals surface area contributed by atoms with Gasteiger partial charge in [-0.3, -0.25) is 0 Å². The first-order valence-electron chi connectivity index (χ1n) is 16.9. The van der Waals surface area contributed by atoms with Crippen LogP contribution in [0.3, 0.4) is 0 Å². The van der Waals surface area contributed by atoms with Gasteiger partial charge in [0.2, 0.25) is 6.33 Å². The monoisotopic (exact) mass is 504 g/mol. The van der Waals surface area contributed by atoms with Crippen molar-refractivity contribution in [3.63, 3.8) is 0 Å². The van der Waals surface area contributed by atoms with Crippen molar-refractivity contribution in [2.45, 2.75) is 200 Å². The molecule has 2 nitrogen and oxygen atoms in total. The molecule has 0 aromatic carbocycles. The molecule has 1 aromatic heterocycles. The van der Waals surface area contributed by atoms with Gasteiger partial charge in [0.15, 0.2) is 0 Å². The largest absolute Gasteiger partial charge is 0.243 e. The lowest BCUT2D eigenvalue weighted by Crippen LogP contribution is -2.30. The summed E-state index contributed by atoms with van der Waals surface area (Å²) in [5, 5.41) is 0. The van der Waals surface area contributed by atoms with Gasteiger partial charge in [0.1, 0.15) is 12.4 Å². The second-order valence-corrected chi connectivity index (χ2v) is 11.7. The molecule has 0 spiro atoms. The molecule has 0 saturated heterocycles. The molecule has 2 heteroatoms. The Balaban J connectivity index is 1.81. The Labute approximate surface area is 228 Å². The summed E-state index contributed by atoms with van der Waals surface area (Å²) in [6.45, 7) is 7.00. The average molecular weight is 504 g/mol. The van der Waals surface area contributed by atoms with Crippen LogP contribution in [-0.2, 0) is 13.1 Å². The van der Waals surface area contributed by atoms with Crippen LogP contribution in [0, 0.1) is 0 Å². The first-order valence-corrected chi connectivity index (χ1v) is 16.9. The molecule has 0 aliphatic heterocycles. The van der Waals surface area contributed by atoms with Gasteiger partial charge >= 0.3 is 0 Å². The molecule has 0 N–H and O–H groups in total. The molecular formula is C34H67N2+. The normalized spacial score (nSPS) is 11.5. The quantitative estimate of drug-likeness (QED) is 0.0759. The number of hydrogen-bond acceptors (Lipinski definition) is 0. The molecule has 1 rings (SSSR count). The zero-order valence-corrected chi connectivity index (χ0v) is 25.1. The molecule has 1 heterocycles. The standard InChI is InChI=1S/C34H67N2/c1-3-5-7-9-11-13-15-17-19-21-23-25-27-29-31-36-33-32-35(34-36)30-28-26-24-22-20-18-16-14-12-10-8-6-4-2/h32-34H,3-31H2,1-2H3/q+1. The third-order valence-electron chi connectivity index (χ3n) is 8.04. The highest BCUT2D eigenvalue weighted by molar-refractivity contribution is 4.66. The molecule has 0 saturated carbocycles. The van der Waals surface area contributed by atoms with E-state index in [4.69, 9.17) is 0 Å². The predicted octanol–water partition coefficient (Wildman–Crippen LogP) is 11.3. The van der Waals surface area contributed by atoms with Crippen LogP contribution in [0.25, 0.3) is 0 Å². The number of rotatable bonds is 29. The summed E-state index contributed by atoms with van der Waals surface area (Å²) < 4.78 is 4.81. The molecule has 0 bridgehead atoms. The molecule has 0 fully saturated rings. The van der Waals surface area contributed by atoms with E-state index in [1.54, 1.807) is 0 Å². The number of nitrogens with zero attached hydrogens (tertiary/aromatic N) is 2. The molecule has 0 radical (unpaired) electrons. The summed E-state index contributed by atoms with van der Waals surface area (Å²) in [5.74, 6) is 0. The zero-order valence-electron chi connectivity index (χ0n) is 25.1. The Morgan fingerprint density at radius 2 is 0.750 bits per heavy atom. The van der Waals surface area contributed by atoms with E-state index in [-0.39, 0.29) is 0 Å². The molecule has 0 unspecified atom stereocenters. The van der Waals surface area contributed by atoms with Crippen LogP contribution in [-0.4, -0.2) is 4.57 Å². The lowest BCUT2D eigenvalue weighted by atomic mass is 10.0. The Kier molecular flexibility index (Phi) is 25.2. The first kappa shape index (κ1) is 33.2. The van der Waals surface area contributed by atoms with Crippen molar-refractivity contribution in [1.29, 1.82) is 0 Å². The van der Waals surface area contributed by atoms with E-state index in [9.17, 15) is 0 Å². The van der Waals surface area contributed by atoms with Crippen LogP contribution in [0.1, 0.15) is 187 Å². The van der Waals surface area contributed by atoms with Crippen molar-refractivity contribution in [2.75, 3.05) is 0 Å². The van der Waals surface area contributed by atoms with Crippen LogP contribution >= 0.6 is 0 Å². The summed E-state index contributed by atoms with van der Waals surface area (Å²) in [7, 11) is 0. The lowest BCUT2D eigenvalue weighted by molar-refractivity contribution is -0.696.